The minimum Gasteiger partial charge on any atom is -0.307 e. The quantitative estimate of drug-likeness (QED) is 0.591. The van der Waals surface area contributed by atoms with Crippen LogP contribution >= 0.6 is 0 Å². The fourth-order valence-corrected chi connectivity index (χ4v) is 0.637. The molecule has 0 saturated carbocycles. The molecule has 2 nitrogen and oxygen atoms in total. The van der Waals surface area contributed by atoms with Gasteiger partial charge in [-0.3, -0.25) is 0 Å². The third-order valence-corrected chi connectivity index (χ3v) is 1.70. The first-order chi connectivity index (χ1) is 4.70. The van der Waals surface area contributed by atoms with Crippen LogP contribution in [0.4, 0.5) is 0 Å². The van der Waals surface area contributed by atoms with E-state index in [0.717, 1.165) is 19.5 Å². The topological polar surface area (TPSA) is 27.0 Å². The van der Waals surface area contributed by atoms with Gasteiger partial charge in [0.2, 0.25) is 0 Å². The molecule has 0 heterocycles. The average Bonchev–Trinajstić information content (AvgIpc) is 1.99. The molecule has 0 amide bonds. The van der Waals surface area contributed by atoms with Gasteiger partial charge in [0.15, 0.2) is 0 Å². The van der Waals surface area contributed by atoms with Gasteiger partial charge >= 0.3 is 0 Å². The molecule has 0 aliphatic heterocycles. The summed E-state index contributed by atoms with van der Waals surface area (Å²) >= 11 is 0. The molecule has 0 aliphatic rings. The molecule has 0 aromatic carbocycles. The van der Waals surface area contributed by atoms with Crippen LogP contribution in [-0.4, -0.2) is 25.0 Å². The summed E-state index contributed by atoms with van der Waals surface area (Å²) in [6, 6.07) is 2.22. The number of rotatable bonds is 4. The van der Waals surface area contributed by atoms with Crippen LogP contribution in [0.15, 0.2) is 0 Å². The van der Waals surface area contributed by atoms with E-state index in [9.17, 15) is 0 Å². The van der Waals surface area contributed by atoms with E-state index in [2.05, 4.69) is 24.9 Å². The summed E-state index contributed by atoms with van der Waals surface area (Å²) in [5.41, 5.74) is 0. The summed E-state index contributed by atoms with van der Waals surface area (Å²) in [6.45, 7) is 6.18. The van der Waals surface area contributed by atoms with Crippen molar-refractivity contribution >= 4 is 0 Å². The molecule has 0 saturated heterocycles. The van der Waals surface area contributed by atoms with E-state index in [-0.39, 0.29) is 5.92 Å². The fraction of sp³-hybridized carbons (Fsp3) is 0.875. The van der Waals surface area contributed by atoms with Crippen molar-refractivity contribution in [1.82, 2.24) is 4.90 Å². The van der Waals surface area contributed by atoms with Crippen LogP contribution in [0.25, 0.3) is 0 Å². The Morgan fingerprint density at radius 1 is 1.60 bits per heavy atom. The minimum atomic E-state index is 0.203. The molecule has 2 heteroatoms. The van der Waals surface area contributed by atoms with E-state index in [1.807, 2.05) is 6.92 Å². The first kappa shape index (κ1) is 9.45. The second-order valence-corrected chi connectivity index (χ2v) is 2.71. The highest BCUT2D eigenvalue weighted by atomic mass is 15.1. The highest BCUT2D eigenvalue weighted by Gasteiger charge is 2.00. The van der Waals surface area contributed by atoms with Gasteiger partial charge in [-0.05, 0) is 33.5 Å². The van der Waals surface area contributed by atoms with Crippen LogP contribution in [0.1, 0.15) is 20.3 Å². The molecular formula is C8H16N2. The second kappa shape index (κ2) is 5.25. The lowest BCUT2D eigenvalue weighted by Crippen LogP contribution is -2.20. The predicted molar refractivity (Wildman–Crippen MR) is 42.6 cm³/mol. The van der Waals surface area contributed by atoms with Gasteiger partial charge in [-0.25, -0.2) is 0 Å². The number of nitrogens with zero attached hydrogens (tertiary/aromatic N) is 2. The summed E-state index contributed by atoms with van der Waals surface area (Å²) in [5, 5.41) is 8.45. The summed E-state index contributed by atoms with van der Waals surface area (Å²) in [5.74, 6) is 0.203. The molecule has 0 radical (unpaired) electrons. The van der Waals surface area contributed by atoms with Crippen molar-refractivity contribution in [3.63, 3.8) is 0 Å². The maximum absolute atomic E-state index is 8.45. The van der Waals surface area contributed by atoms with Crippen LogP contribution in [0.2, 0.25) is 0 Å². The summed E-state index contributed by atoms with van der Waals surface area (Å²) in [4.78, 5) is 2.22. The lowest BCUT2D eigenvalue weighted by molar-refractivity contribution is 0.334. The molecule has 0 bridgehead atoms. The van der Waals surface area contributed by atoms with Gasteiger partial charge in [-0.1, -0.05) is 6.92 Å². The molecule has 1 atom stereocenters. The zero-order valence-electron chi connectivity index (χ0n) is 7.09. The monoisotopic (exact) mass is 140 g/mol. The zero-order valence-corrected chi connectivity index (χ0v) is 7.09. The van der Waals surface area contributed by atoms with Crippen molar-refractivity contribution in [3.05, 3.63) is 0 Å². The normalized spacial score (nSPS) is 13.1. The first-order valence-corrected chi connectivity index (χ1v) is 3.78. The third-order valence-electron chi connectivity index (χ3n) is 1.70. The smallest absolute Gasteiger partial charge is 0.0653 e. The van der Waals surface area contributed by atoms with Crippen LogP contribution in [0.3, 0.4) is 0 Å². The second-order valence-electron chi connectivity index (χ2n) is 2.71. The molecule has 0 rings (SSSR count). The molecule has 0 aromatic rings. The summed E-state index contributed by atoms with van der Waals surface area (Å²) in [6.07, 6.45) is 0.987. The van der Waals surface area contributed by atoms with Crippen molar-refractivity contribution in [2.24, 2.45) is 5.92 Å². The van der Waals surface area contributed by atoms with Gasteiger partial charge < -0.3 is 4.90 Å². The number of hydrogen-bond acceptors (Lipinski definition) is 2. The van der Waals surface area contributed by atoms with Gasteiger partial charge in [0, 0.05) is 5.92 Å². The Morgan fingerprint density at radius 2 is 2.20 bits per heavy atom. The Labute approximate surface area is 63.4 Å². The Kier molecular flexibility index (Phi) is 4.96. The molecule has 0 N–H and O–H groups in total. The zero-order chi connectivity index (χ0) is 7.98. The Balaban J connectivity index is 3.28. The van der Waals surface area contributed by atoms with E-state index in [4.69, 9.17) is 5.26 Å². The molecular weight excluding hydrogens is 124 g/mol. The maximum Gasteiger partial charge on any atom is 0.0653 e. The summed E-state index contributed by atoms with van der Waals surface area (Å²) < 4.78 is 0. The molecule has 0 spiro atoms. The first-order valence-electron chi connectivity index (χ1n) is 3.78. The standard InChI is InChI=1S/C8H16N2/c1-4-10(3)6-5-8(2)7-9/h8H,4-6H2,1-3H3. The Bertz CT molecular complexity index is 115. The highest BCUT2D eigenvalue weighted by molar-refractivity contribution is 4.78. The van der Waals surface area contributed by atoms with Crippen molar-refractivity contribution in [2.75, 3.05) is 20.1 Å². The van der Waals surface area contributed by atoms with E-state index in [1.165, 1.54) is 0 Å². The van der Waals surface area contributed by atoms with Crippen molar-refractivity contribution in [1.29, 1.82) is 5.26 Å². The van der Waals surface area contributed by atoms with Crippen molar-refractivity contribution < 1.29 is 0 Å². The van der Waals surface area contributed by atoms with Crippen LogP contribution < -0.4 is 0 Å². The van der Waals surface area contributed by atoms with Gasteiger partial charge in [-0.15, -0.1) is 0 Å². The average molecular weight is 140 g/mol. The predicted octanol–water partition coefficient (Wildman–Crippen LogP) is 1.49. The summed E-state index contributed by atoms with van der Waals surface area (Å²) in [7, 11) is 2.07. The van der Waals surface area contributed by atoms with Gasteiger partial charge in [0.25, 0.3) is 0 Å². The molecule has 1 unspecified atom stereocenters. The van der Waals surface area contributed by atoms with E-state index in [1.54, 1.807) is 0 Å². The van der Waals surface area contributed by atoms with Gasteiger partial charge in [-0.2, -0.15) is 5.26 Å². The van der Waals surface area contributed by atoms with E-state index >= 15 is 0 Å². The molecule has 0 fully saturated rings. The Morgan fingerprint density at radius 3 is 2.60 bits per heavy atom. The molecule has 0 aromatic heterocycles. The van der Waals surface area contributed by atoms with Crippen LogP contribution in [0.5, 0.6) is 0 Å². The van der Waals surface area contributed by atoms with Gasteiger partial charge in [0.1, 0.15) is 0 Å². The van der Waals surface area contributed by atoms with Crippen LogP contribution in [0, 0.1) is 17.2 Å². The number of hydrogen-bond donors (Lipinski definition) is 0. The van der Waals surface area contributed by atoms with E-state index in [0.29, 0.717) is 0 Å². The number of nitriles is 1. The van der Waals surface area contributed by atoms with Crippen molar-refractivity contribution in [2.45, 2.75) is 20.3 Å². The van der Waals surface area contributed by atoms with Crippen LogP contribution in [-0.2, 0) is 0 Å². The Hall–Kier alpha value is -0.550. The molecule has 58 valence electrons. The third kappa shape index (κ3) is 4.34. The van der Waals surface area contributed by atoms with Gasteiger partial charge in [0.05, 0.1) is 6.07 Å². The minimum absolute atomic E-state index is 0.203. The largest absolute Gasteiger partial charge is 0.307 e. The van der Waals surface area contributed by atoms with Crippen molar-refractivity contribution in [3.8, 4) is 6.07 Å². The lowest BCUT2D eigenvalue weighted by atomic mass is 10.1. The van der Waals surface area contributed by atoms with E-state index < -0.39 is 0 Å². The highest BCUT2D eigenvalue weighted by Crippen LogP contribution is 1.99. The molecule has 10 heavy (non-hydrogen) atoms. The maximum atomic E-state index is 8.45. The fourth-order valence-electron chi connectivity index (χ4n) is 0.637. The molecule has 0 aliphatic carbocycles. The lowest BCUT2D eigenvalue weighted by Gasteiger charge is -2.13. The SMILES string of the molecule is CCN(C)CCC(C)C#N.